The fourth-order valence-electron chi connectivity index (χ4n) is 3.21. The molecule has 1 aliphatic heterocycles. The number of aryl methyl sites for hydroxylation is 1. The molecule has 1 aromatic rings. The van der Waals surface area contributed by atoms with Gasteiger partial charge in [-0.15, -0.1) is 0 Å². The van der Waals surface area contributed by atoms with E-state index in [0.717, 1.165) is 17.7 Å². The van der Waals surface area contributed by atoms with Crippen LogP contribution in [0.15, 0.2) is 6.20 Å². The number of amides is 2. The topological polar surface area (TPSA) is 79.0 Å². The first-order valence-corrected chi connectivity index (χ1v) is 6.34. The summed E-state index contributed by atoms with van der Waals surface area (Å²) < 4.78 is 1.45. The van der Waals surface area contributed by atoms with E-state index in [1.807, 2.05) is 6.07 Å². The van der Waals surface area contributed by atoms with Crippen LogP contribution in [0.1, 0.15) is 25.3 Å². The van der Waals surface area contributed by atoms with Gasteiger partial charge in [-0.2, -0.15) is 10.4 Å². The summed E-state index contributed by atoms with van der Waals surface area (Å²) in [6.07, 6.45) is 3.02. The highest BCUT2D eigenvalue weighted by atomic mass is 16.2. The van der Waals surface area contributed by atoms with Crippen LogP contribution in [0.3, 0.4) is 0 Å². The monoisotopic (exact) mass is 258 g/mol. The van der Waals surface area contributed by atoms with E-state index in [1.165, 1.54) is 10.9 Å². The zero-order valence-electron chi connectivity index (χ0n) is 10.8. The van der Waals surface area contributed by atoms with Crippen LogP contribution in [0.2, 0.25) is 0 Å². The predicted octanol–water partition coefficient (Wildman–Crippen LogP) is 0.827. The maximum absolute atomic E-state index is 12.4. The zero-order chi connectivity index (χ0) is 13.7. The van der Waals surface area contributed by atoms with Gasteiger partial charge in [0, 0.05) is 13.2 Å². The molecule has 6 heteroatoms. The molecule has 98 valence electrons. The fourth-order valence-corrected chi connectivity index (χ4v) is 3.21. The van der Waals surface area contributed by atoms with Crippen molar-refractivity contribution < 1.29 is 9.59 Å². The van der Waals surface area contributed by atoms with Gasteiger partial charge in [-0.05, 0) is 18.8 Å². The third-order valence-corrected chi connectivity index (χ3v) is 4.02. The fraction of sp³-hybridized carbons (Fsp3) is 0.538. The molecule has 6 nitrogen and oxygen atoms in total. The van der Waals surface area contributed by atoms with Gasteiger partial charge < -0.3 is 0 Å². The summed E-state index contributed by atoms with van der Waals surface area (Å²) >= 11 is 0. The summed E-state index contributed by atoms with van der Waals surface area (Å²) in [5, 5.41) is 13.1. The zero-order valence-corrected chi connectivity index (χ0v) is 10.8. The maximum Gasteiger partial charge on any atom is 0.239 e. The Labute approximate surface area is 110 Å². The molecule has 1 saturated carbocycles. The van der Waals surface area contributed by atoms with Crippen LogP contribution in [0.5, 0.6) is 0 Å². The molecular weight excluding hydrogens is 244 g/mol. The van der Waals surface area contributed by atoms with Gasteiger partial charge in [0.2, 0.25) is 11.8 Å². The van der Waals surface area contributed by atoms with Gasteiger partial charge in [-0.25, -0.2) is 4.90 Å². The SMILES string of the molecule is CC1CC2C(=O)N(c3nn(C)cc3C#N)C(=O)C2C1. The van der Waals surface area contributed by atoms with Crippen molar-refractivity contribution in [3.05, 3.63) is 11.8 Å². The van der Waals surface area contributed by atoms with Crippen molar-refractivity contribution in [1.82, 2.24) is 9.78 Å². The van der Waals surface area contributed by atoms with Crippen molar-refractivity contribution in [2.24, 2.45) is 24.8 Å². The number of anilines is 1. The first-order valence-electron chi connectivity index (χ1n) is 6.34. The average Bonchev–Trinajstić information content (AvgIpc) is 2.97. The normalized spacial score (nSPS) is 29.7. The van der Waals surface area contributed by atoms with Crippen LogP contribution in [-0.4, -0.2) is 21.6 Å². The Morgan fingerprint density at radius 2 is 1.89 bits per heavy atom. The lowest BCUT2D eigenvalue weighted by atomic mass is 10.00. The van der Waals surface area contributed by atoms with Crippen molar-refractivity contribution in [3.8, 4) is 6.07 Å². The third-order valence-electron chi connectivity index (χ3n) is 4.02. The van der Waals surface area contributed by atoms with E-state index < -0.39 is 0 Å². The highest BCUT2D eigenvalue weighted by Crippen LogP contribution is 2.44. The van der Waals surface area contributed by atoms with Crippen molar-refractivity contribution in [2.75, 3.05) is 4.90 Å². The lowest BCUT2D eigenvalue weighted by molar-refractivity contribution is -0.123. The maximum atomic E-state index is 12.4. The molecule has 19 heavy (non-hydrogen) atoms. The van der Waals surface area contributed by atoms with E-state index in [1.54, 1.807) is 7.05 Å². The van der Waals surface area contributed by atoms with E-state index >= 15 is 0 Å². The molecular formula is C13H14N4O2. The Bertz CT molecular complexity index is 589. The van der Waals surface area contributed by atoms with Crippen LogP contribution >= 0.6 is 0 Å². The summed E-state index contributed by atoms with van der Waals surface area (Å²) in [5.41, 5.74) is 0.261. The first kappa shape index (κ1) is 11.9. The second-order valence-electron chi connectivity index (χ2n) is 5.45. The van der Waals surface area contributed by atoms with Crippen molar-refractivity contribution in [3.63, 3.8) is 0 Å². The minimum Gasteiger partial charge on any atom is -0.274 e. The number of carbonyl (C=O) groups excluding carboxylic acids is 2. The summed E-state index contributed by atoms with van der Waals surface area (Å²) in [4.78, 5) is 25.8. The largest absolute Gasteiger partial charge is 0.274 e. The number of aromatic nitrogens is 2. The highest BCUT2D eigenvalue weighted by molar-refractivity contribution is 6.22. The van der Waals surface area contributed by atoms with Crippen molar-refractivity contribution >= 4 is 17.6 Å². The molecule has 0 bridgehead atoms. The molecule has 2 aliphatic rings. The van der Waals surface area contributed by atoms with E-state index in [9.17, 15) is 9.59 Å². The number of nitrogens with zero attached hydrogens (tertiary/aromatic N) is 4. The quantitative estimate of drug-likeness (QED) is 0.699. The van der Waals surface area contributed by atoms with Gasteiger partial charge in [-0.3, -0.25) is 14.3 Å². The molecule has 1 saturated heterocycles. The number of imide groups is 1. The van der Waals surface area contributed by atoms with Gasteiger partial charge in [-0.1, -0.05) is 6.92 Å². The second-order valence-corrected chi connectivity index (χ2v) is 5.45. The molecule has 2 unspecified atom stereocenters. The molecule has 0 N–H and O–H groups in total. The molecule has 1 aromatic heterocycles. The number of rotatable bonds is 1. The summed E-state index contributed by atoms with van der Waals surface area (Å²) in [6.45, 7) is 2.06. The number of hydrogen-bond donors (Lipinski definition) is 0. The third kappa shape index (κ3) is 1.58. The first-order chi connectivity index (χ1) is 9.02. The predicted molar refractivity (Wildman–Crippen MR) is 65.8 cm³/mol. The van der Waals surface area contributed by atoms with Crippen LogP contribution in [-0.2, 0) is 16.6 Å². The molecule has 2 heterocycles. The van der Waals surface area contributed by atoms with Crippen molar-refractivity contribution in [2.45, 2.75) is 19.8 Å². The van der Waals surface area contributed by atoms with Crippen LogP contribution < -0.4 is 4.90 Å². The van der Waals surface area contributed by atoms with Crippen LogP contribution in [0, 0.1) is 29.1 Å². The molecule has 1 aliphatic carbocycles. The molecule has 0 aromatic carbocycles. The minimum absolute atomic E-state index is 0.182. The van der Waals surface area contributed by atoms with E-state index in [0.29, 0.717) is 5.92 Å². The van der Waals surface area contributed by atoms with Gasteiger partial charge in [0.05, 0.1) is 11.8 Å². The smallest absolute Gasteiger partial charge is 0.239 e. The highest BCUT2D eigenvalue weighted by Gasteiger charge is 2.53. The van der Waals surface area contributed by atoms with Gasteiger partial charge >= 0.3 is 0 Å². The average molecular weight is 258 g/mol. The van der Waals surface area contributed by atoms with Crippen molar-refractivity contribution in [1.29, 1.82) is 5.26 Å². The number of hydrogen-bond acceptors (Lipinski definition) is 4. The molecule has 2 fully saturated rings. The van der Waals surface area contributed by atoms with E-state index in [4.69, 9.17) is 5.26 Å². The Hall–Kier alpha value is -2.16. The second kappa shape index (κ2) is 3.92. The Kier molecular flexibility index (Phi) is 2.45. The summed E-state index contributed by atoms with van der Waals surface area (Å²) in [7, 11) is 1.66. The van der Waals surface area contributed by atoms with E-state index in [-0.39, 0.29) is 35.0 Å². The standard InChI is InChI=1S/C13H14N4O2/c1-7-3-9-10(4-7)13(19)17(12(9)18)11-8(5-14)6-16(2)15-11/h6-7,9-10H,3-4H2,1-2H3. The minimum atomic E-state index is -0.226. The van der Waals surface area contributed by atoms with Gasteiger partial charge in [0.1, 0.15) is 11.6 Å². The van der Waals surface area contributed by atoms with Gasteiger partial charge in [0.15, 0.2) is 5.82 Å². The molecule has 0 radical (unpaired) electrons. The summed E-state index contributed by atoms with van der Waals surface area (Å²) in [5.74, 6) is -0.262. The lowest BCUT2D eigenvalue weighted by Crippen LogP contribution is -2.33. The number of nitriles is 1. The molecule has 2 atom stereocenters. The Balaban J connectivity index is 2.01. The molecule has 0 spiro atoms. The lowest BCUT2D eigenvalue weighted by Gasteiger charge is -2.14. The van der Waals surface area contributed by atoms with E-state index in [2.05, 4.69) is 12.0 Å². The Morgan fingerprint density at radius 3 is 2.42 bits per heavy atom. The van der Waals surface area contributed by atoms with Gasteiger partial charge in [0.25, 0.3) is 0 Å². The Morgan fingerprint density at radius 1 is 1.32 bits per heavy atom. The molecule has 2 amide bonds. The molecule has 3 rings (SSSR count). The summed E-state index contributed by atoms with van der Waals surface area (Å²) in [6, 6.07) is 1.98. The number of carbonyl (C=O) groups is 2. The van der Waals surface area contributed by atoms with Crippen LogP contribution in [0.4, 0.5) is 5.82 Å². The number of fused-ring (bicyclic) bond motifs is 1. The van der Waals surface area contributed by atoms with Crippen LogP contribution in [0.25, 0.3) is 0 Å².